The van der Waals surface area contributed by atoms with Crippen LogP contribution in [-0.4, -0.2) is 73.0 Å². The van der Waals surface area contributed by atoms with Crippen molar-refractivity contribution < 1.29 is 19.1 Å². The first-order valence-corrected chi connectivity index (χ1v) is 8.79. The van der Waals surface area contributed by atoms with Gasteiger partial charge in [-0.3, -0.25) is 14.4 Å². The molecule has 2 heterocycles. The molecule has 2 rings (SSSR count). The normalized spacial score (nSPS) is 22.3. The van der Waals surface area contributed by atoms with Crippen molar-refractivity contribution in [3.8, 4) is 0 Å². The Hall–Kier alpha value is -1.63. The van der Waals surface area contributed by atoms with Gasteiger partial charge >= 0.3 is 0 Å². The maximum Gasteiger partial charge on any atom is 0.227 e. The lowest BCUT2D eigenvalue weighted by Gasteiger charge is -2.34. The molecular weight excluding hydrogens is 310 g/mol. The molecule has 0 aromatic rings. The molecule has 3 amide bonds. The number of piperidine rings is 1. The topological polar surface area (TPSA) is 79.0 Å². The average Bonchev–Trinajstić information content (AvgIpc) is 2.95. The maximum atomic E-state index is 12.6. The van der Waals surface area contributed by atoms with E-state index in [1.165, 1.54) is 0 Å². The molecule has 0 spiro atoms. The second-order valence-electron chi connectivity index (χ2n) is 6.95. The molecule has 24 heavy (non-hydrogen) atoms. The van der Waals surface area contributed by atoms with Crippen LogP contribution in [0.5, 0.6) is 0 Å². The van der Waals surface area contributed by atoms with Crippen LogP contribution in [0.25, 0.3) is 0 Å². The Morgan fingerprint density at radius 3 is 2.50 bits per heavy atom. The molecular formula is C17H29N3O4. The number of likely N-dealkylation sites (tertiary alicyclic amines) is 2. The van der Waals surface area contributed by atoms with Crippen LogP contribution >= 0.6 is 0 Å². The molecule has 136 valence electrons. The highest BCUT2D eigenvalue weighted by molar-refractivity contribution is 5.89. The number of carbonyl (C=O) groups excluding carboxylic acids is 3. The van der Waals surface area contributed by atoms with E-state index in [-0.39, 0.29) is 35.7 Å². The van der Waals surface area contributed by atoms with E-state index in [1.54, 1.807) is 12.0 Å². The minimum absolute atomic E-state index is 0.00408. The minimum Gasteiger partial charge on any atom is -0.384 e. The van der Waals surface area contributed by atoms with Gasteiger partial charge in [-0.1, -0.05) is 0 Å². The van der Waals surface area contributed by atoms with E-state index in [4.69, 9.17) is 4.74 Å². The van der Waals surface area contributed by atoms with Crippen LogP contribution in [-0.2, 0) is 19.1 Å². The quantitative estimate of drug-likeness (QED) is 0.759. The van der Waals surface area contributed by atoms with Crippen LogP contribution in [0.2, 0.25) is 0 Å². The van der Waals surface area contributed by atoms with E-state index in [9.17, 15) is 14.4 Å². The van der Waals surface area contributed by atoms with Crippen molar-refractivity contribution in [3.63, 3.8) is 0 Å². The van der Waals surface area contributed by atoms with Gasteiger partial charge in [0.25, 0.3) is 0 Å². The van der Waals surface area contributed by atoms with Gasteiger partial charge in [-0.05, 0) is 26.7 Å². The fourth-order valence-corrected chi connectivity index (χ4v) is 3.39. The molecule has 7 heteroatoms. The van der Waals surface area contributed by atoms with Crippen LogP contribution in [0.3, 0.4) is 0 Å². The van der Waals surface area contributed by atoms with Gasteiger partial charge in [0.05, 0.1) is 12.5 Å². The highest BCUT2D eigenvalue weighted by Crippen LogP contribution is 2.23. The van der Waals surface area contributed by atoms with Gasteiger partial charge in [0, 0.05) is 51.7 Å². The number of nitrogens with one attached hydrogen (secondary N) is 1. The summed E-state index contributed by atoms with van der Waals surface area (Å²) in [6.45, 7) is 6.18. The zero-order chi connectivity index (χ0) is 17.7. The zero-order valence-electron chi connectivity index (χ0n) is 14.9. The van der Waals surface area contributed by atoms with Gasteiger partial charge < -0.3 is 19.9 Å². The van der Waals surface area contributed by atoms with E-state index in [0.717, 1.165) is 12.8 Å². The third-order valence-electron chi connectivity index (χ3n) is 4.84. The molecule has 0 aromatic heterocycles. The number of ether oxygens (including phenoxy) is 1. The van der Waals surface area contributed by atoms with Crippen molar-refractivity contribution in [2.45, 2.75) is 51.6 Å². The summed E-state index contributed by atoms with van der Waals surface area (Å²) >= 11 is 0. The molecule has 2 saturated heterocycles. The Bertz CT molecular complexity index is 472. The van der Waals surface area contributed by atoms with Gasteiger partial charge in [-0.2, -0.15) is 0 Å². The Morgan fingerprint density at radius 1 is 1.29 bits per heavy atom. The Balaban J connectivity index is 1.77. The summed E-state index contributed by atoms with van der Waals surface area (Å²) in [5, 5.41) is 2.99. The molecule has 0 aromatic carbocycles. The molecule has 1 atom stereocenters. The molecule has 0 saturated carbocycles. The first kappa shape index (κ1) is 18.7. The fraction of sp³-hybridized carbons (Fsp3) is 0.824. The Kier molecular flexibility index (Phi) is 6.60. The molecule has 0 aliphatic carbocycles. The lowest BCUT2D eigenvalue weighted by molar-refractivity contribution is -0.137. The molecule has 2 fully saturated rings. The van der Waals surface area contributed by atoms with Crippen LogP contribution in [0, 0.1) is 5.92 Å². The molecule has 2 aliphatic rings. The maximum absolute atomic E-state index is 12.6. The number of amides is 3. The predicted molar refractivity (Wildman–Crippen MR) is 89.2 cm³/mol. The monoisotopic (exact) mass is 339 g/mol. The summed E-state index contributed by atoms with van der Waals surface area (Å²) < 4.78 is 4.90. The summed E-state index contributed by atoms with van der Waals surface area (Å²) in [5.74, 6) is -0.0670. The summed E-state index contributed by atoms with van der Waals surface area (Å²) in [4.78, 5) is 39.9. The summed E-state index contributed by atoms with van der Waals surface area (Å²) in [6, 6.07) is 0.263. The molecule has 0 bridgehead atoms. The van der Waals surface area contributed by atoms with Crippen LogP contribution in [0.1, 0.15) is 39.5 Å². The van der Waals surface area contributed by atoms with Crippen molar-refractivity contribution >= 4 is 17.7 Å². The number of hydrogen-bond acceptors (Lipinski definition) is 4. The zero-order valence-corrected chi connectivity index (χ0v) is 14.9. The standard InChI is InChI=1S/C17H29N3O4/c1-12(2)20-11-13(10-16(20)22)17(23)19-7-4-14(5-8-19)18-15(21)6-9-24-3/h12-14H,4-11H2,1-3H3,(H,18,21). The first-order valence-electron chi connectivity index (χ1n) is 8.79. The van der Waals surface area contributed by atoms with Crippen molar-refractivity contribution in [1.82, 2.24) is 15.1 Å². The minimum atomic E-state index is -0.215. The summed E-state index contributed by atoms with van der Waals surface area (Å²) in [5.41, 5.74) is 0. The van der Waals surface area contributed by atoms with E-state index in [1.807, 2.05) is 18.7 Å². The Labute approximate surface area is 143 Å². The lowest BCUT2D eigenvalue weighted by atomic mass is 10.0. The lowest BCUT2D eigenvalue weighted by Crippen LogP contribution is -2.48. The van der Waals surface area contributed by atoms with Crippen molar-refractivity contribution in [2.75, 3.05) is 33.4 Å². The number of hydrogen-bond donors (Lipinski definition) is 1. The van der Waals surface area contributed by atoms with Crippen molar-refractivity contribution in [2.24, 2.45) is 5.92 Å². The highest BCUT2D eigenvalue weighted by Gasteiger charge is 2.38. The van der Waals surface area contributed by atoms with E-state index in [0.29, 0.717) is 39.1 Å². The van der Waals surface area contributed by atoms with Gasteiger partial charge in [-0.25, -0.2) is 0 Å². The third kappa shape index (κ3) is 4.69. The van der Waals surface area contributed by atoms with Crippen LogP contribution < -0.4 is 5.32 Å². The second kappa shape index (κ2) is 8.46. The van der Waals surface area contributed by atoms with Gasteiger partial charge in [0.1, 0.15) is 0 Å². The molecule has 0 radical (unpaired) electrons. The van der Waals surface area contributed by atoms with Gasteiger partial charge in [-0.15, -0.1) is 0 Å². The molecule has 1 N–H and O–H groups in total. The van der Waals surface area contributed by atoms with Gasteiger partial charge in [0.15, 0.2) is 0 Å². The van der Waals surface area contributed by atoms with E-state index >= 15 is 0 Å². The van der Waals surface area contributed by atoms with Crippen molar-refractivity contribution in [3.05, 3.63) is 0 Å². The molecule has 1 unspecified atom stereocenters. The number of rotatable bonds is 6. The molecule has 7 nitrogen and oxygen atoms in total. The summed E-state index contributed by atoms with van der Waals surface area (Å²) in [7, 11) is 1.57. The fourth-order valence-electron chi connectivity index (χ4n) is 3.39. The third-order valence-corrected chi connectivity index (χ3v) is 4.84. The predicted octanol–water partition coefficient (Wildman–Crippen LogP) is 0.387. The van der Waals surface area contributed by atoms with Crippen LogP contribution in [0.4, 0.5) is 0 Å². The smallest absolute Gasteiger partial charge is 0.227 e. The van der Waals surface area contributed by atoms with Crippen LogP contribution in [0.15, 0.2) is 0 Å². The first-order chi connectivity index (χ1) is 11.4. The number of carbonyl (C=O) groups is 3. The van der Waals surface area contributed by atoms with Gasteiger partial charge in [0.2, 0.25) is 17.7 Å². The average molecular weight is 339 g/mol. The number of nitrogens with zero attached hydrogens (tertiary/aromatic N) is 2. The Morgan fingerprint density at radius 2 is 1.96 bits per heavy atom. The SMILES string of the molecule is COCCC(=O)NC1CCN(C(=O)C2CC(=O)N(C(C)C)C2)CC1. The number of methoxy groups -OCH3 is 1. The second-order valence-corrected chi connectivity index (χ2v) is 6.95. The highest BCUT2D eigenvalue weighted by atomic mass is 16.5. The molecule has 2 aliphatic heterocycles. The van der Waals surface area contributed by atoms with E-state index in [2.05, 4.69) is 5.32 Å². The van der Waals surface area contributed by atoms with Crippen molar-refractivity contribution in [1.29, 1.82) is 0 Å². The van der Waals surface area contributed by atoms with E-state index < -0.39 is 0 Å². The summed E-state index contributed by atoms with van der Waals surface area (Å²) in [6.07, 6.45) is 2.22. The largest absolute Gasteiger partial charge is 0.384 e.